The summed E-state index contributed by atoms with van der Waals surface area (Å²) in [4.78, 5) is 14.6. The van der Waals surface area contributed by atoms with Crippen LogP contribution < -0.4 is 5.32 Å². The molecule has 2 N–H and O–H groups in total. The van der Waals surface area contributed by atoms with Crippen molar-refractivity contribution in [1.82, 2.24) is 10.3 Å². The van der Waals surface area contributed by atoms with E-state index in [0.29, 0.717) is 6.04 Å². The molecule has 144 valence electrons. The largest absolute Gasteiger partial charge is 0.466 e. The van der Waals surface area contributed by atoms with Crippen LogP contribution in [0, 0.1) is 6.92 Å². The van der Waals surface area contributed by atoms with Gasteiger partial charge in [-0.25, -0.2) is 4.79 Å². The zero-order valence-electron chi connectivity index (χ0n) is 16.4. The van der Waals surface area contributed by atoms with Crippen LogP contribution in [0.1, 0.15) is 40.3 Å². The number of benzene rings is 2. The maximum Gasteiger partial charge on any atom is 0.330 e. The van der Waals surface area contributed by atoms with E-state index in [1.54, 1.807) is 0 Å². The Hall–Kier alpha value is -2.85. The number of carbonyl (C=O) groups is 1. The fourth-order valence-electron chi connectivity index (χ4n) is 4.07. The first-order chi connectivity index (χ1) is 13.6. The lowest BCUT2D eigenvalue weighted by molar-refractivity contribution is -0.134. The Kier molecular flexibility index (Phi) is 5.31. The lowest BCUT2D eigenvalue weighted by atomic mass is 10.0. The number of H-pyrrole nitrogens is 1. The third kappa shape index (κ3) is 3.87. The molecule has 0 amide bonds. The smallest absolute Gasteiger partial charge is 0.330 e. The van der Waals surface area contributed by atoms with Gasteiger partial charge in [-0.1, -0.05) is 30.3 Å². The lowest BCUT2D eigenvalue weighted by Crippen LogP contribution is -2.21. The summed E-state index contributed by atoms with van der Waals surface area (Å²) in [5.74, 6) is -0.326. The molecule has 1 aliphatic carbocycles. The predicted molar refractivity (Wildman–Crippen MR) is 113 cm³/mol. The van der Waals surface area contributed by atoms with Gasteiger partial charge in [-0.2, -0.15) is 0 Å². The van der Waals surface area contributed by atoms with Gasteiger partial charge in [0, 0.05) is 29.2 Å². The first kappa shape index (κ1) is 18.5. The molecule has 0 fully saturated rings. The molecule has 4 nitrogen and oxygen atoms in total. The molecule has 4 heteroatoms. The van der Waals surface area contributed by atoms with Crippen LogP contribution in [-0.2, 0) is 22.4 Å². The number of aromatic amines is 1. The topological polar surface area (TPSA) is 54.1 Å². The van der Waals surface area contributed by atoms with Crippen LogP contribution in [0.3, 0.4) is 0 Å². The van der Waals surface area contributed by atoms with Crippen LogP contribution in [0.5, 0.6) is 0 Å². The van der Waals surface area contributed by atoms with E-state index in [2.05, 4.69) is 64.6 Å². The minimum Gasteiger partial charge on any atom is -0.466 e. The summed E-state index contributed by atoms with van der Waals surface area (Å²) in [6, 6.07) is 13.4. The molecular weight excluding hydrogens is 348 g/mol. The number of aryl methyl sites for hydroxylation is 2. The summed E-state index contributed by atoms with van der Waals surface area (Å²) >= 11 is 0. The van der Waals surface area contributed by atoms with Gasteiger partial charge in [-0.05, 0) is 72.7 Å². The maximum absolute atomic E-state index is 11.3. The maximum atomic E-state index is 11.3. The molecular formula is C24H26N2O2. The summed E-state index contributed by atoms with van der Waals surface area (Å²) in [5, 5.41) is 5.05. The molecule has 0 saturated carbocycles. The second-order valence-corrected chi connectivity index (χ2v) is 7.47. The number of aromatic nitrogens is 1. The van der Waals surface area contributed by atoms with Gasteiger partial charge in [-0.15, -0.1) is 0 Å². The van der Waals surface area contributed by atoms with E-state index in [1.807, 2.05) is 6.08 Å². The Morgan fingerprint density at radius 2 is 2.18 bits per heavy atom. The first-order valence-electron chi connectivity index (χ1n) is 9.83. The summed E-state index contributed by atoms with van der Waals surface area (Å²) < 4.78 is 4.65. The summed E-state index contributed by atoms with van der Waals surface area (Å²) in [5.41, 5.74) is 7.65. The van der Waals surface area contributed by atoms with Crippen molar-refractivity contribution < 1.29 is 9.53 Å². The van der Waals surface area contributed by atoms with Gasteiger partial charge in [0.25, 0.3) is 0 Å². The molecule has 2 aromatic carbocycles. The van der Waals surface area contributed by atoms with Crippen LogP contribution in [0.2, 0.25) is 0 Å². The van der Waals surface area contributed by atoms with Gasteiger partial charge in [0.05, 0.1) is 7.11 Å². The van der Waals surface area contributed by atoms with E-state index >= 15 is 0 Å². The fourth-order valence-corrected chi connectivity index (χ4v) is 4.07. The van der Waals surface area contributed by atoms with Crippen molar-refractivity contribution in [2.45, 2.75) is 32.2 Å². The van der Waals surface area contributed by atoms with Crippen molar-refractivity contribution in [3.05, 3.63) is 76.5 Å². The number of methoxy groups -OCH3 is 1. The number of rotatable bonds is 6. The van der Waals surface area contributed by atoms with Crippen LogP contribution >= 0.6 is 0 Å². The average molecular weight is 374 g/mol. The number of hydrogen-bond acceptors (Lipinski definition) is 3. The van der Waals surface area contributed by atoms with E-state index in [0.717, 1.165) is 31.4 Å². The second-order valence-electron chi connectivity index (χ2n) is 7.47. The quantitative estimate of drug-likeness (QED) is 0.494. The zero-order valence-corrected chi connectivity index (χ0v) is 16.4. The molecule has 1 heterocycles. The van der Waals surface area contributed by atoms with Gasteiger partial charge >= 0.3 is 5.97 Å². The van der Waals surface area contributed by atoms with Crippen molar-refractivity contribution in [3.8, 4) is 0 Å². The summed E-state index contributed by atoms with van der Waals surface area (Å²) in [7, 11) is 1.39. The fraction of sp³-hybridized carbons (Fsp3) is 0.292. The highest BCUT2D eigenvalue weighted by Crippen LogP contribution is 2.32. The molecule has 3 aromatic rings. The predicted octanol–water partition coefficient (Wildman–Crippen LogP) is 4.48. The van der Waals surface area contributed by atoms with Crippen LogP contribution in [0.4, 0.5) is 0 Å². The minimum atomic E-state index is -0.326. The number of esters is 1. The molecule has 28 heavy (non-hydrogen) atoms. The third-order valence-electron chi connectivity index (χ3n) is 5.57. The van der Waals surface area contributed by atoms with Crippen molar-refractivity contribution in [3.63, 3.8) is 0 Å². The van der Waals surface area contributed by atoms with Crippen LogP contribution in [-0.4, -0.2) is 24.6 Å². The SMILES string of the molecule is COC(=O)/C=C/c1ccc2c(c1)CCC2NCCc1c[nH]c2cc(C)ccc12. The molecule has 1 aliphatic rings. The number of carbonyl (C=O) groups excluding carboxylic acids is 1. The van der Waals surface area contributed by atoms with Crippen molar-refractivity contribution in [2.24, 2.45) is 0 Å². The molecule has 4 rings (SSSR count). The number of nitrogens with one attached hydrogen (secondary N) is 2. The lowest BCUT2D eigenvalue weighted by Gasteiger charge is -2.14. The van der Waals surface area contributed by atoms with Crippen LogP contribution in [0.15, 0.2) is 48.7 Å². The van der Waals surface area contributed by atoms with Crippen LogP contribution in [0.25, 0.3) is 17.0 Å². The minimum absolute atomic E-state index is 0.326. The van der Waals surface area contributed by atoms with Gasteiger partial charge in [0.1, 0.15) is 0 Å². The van der Waals surface area contributed by atoms with Gasteiger partial charge in [0.2, 0.25) is 0 Å². The summed E-state index contributed by atoms with van der Waals surface area (Å²) in [6.07, 6.45) is 8.61. The van der Waals surface area contributed by atoms with E-state index < -0.39 is 0 Å². The van der Waals surface area contributed by atoms with Crippen molar-refractivity contribution in [2.75, 3.05) is 13.7 Å². The van der Waals surface area contributed by atoms with Gasteiger partial charge in [-0.3, -0.25) is 0 Å². The van der Waals surface area contributed by atoms with E-state index in [-0.39, 0.29) is 5.97 Å². The number of hydrogen-bond donors (Lipinski definition) is 2. The zero-order chi connectivity index (χ0) is 19.5. The Balaban J connectivity index is 1.38. The standard InChI is InChI=1S/C24H26N2O2/c1-16-3-7-21-19(15-26-23(21)13-16)11-12-25-22-9-6-18-14-17(4-8-20(18)22)5-10-24(27)28-2/h3-5,7-8,10,13-15,22,25-26H,6,9,11-12H2,1-2H3/b10-5+. The first-order valence-corrected chi connectivity index (χ1v) is 9.83. The monoisotopic (exact) mass is 374 g/mol. The number of ether oxygens (including phenoxy) is 1. The third-order valence-corrected chi connectivity index (χ3v) is 5.57. The molecule has 0 radical (unpaired) electrons. The Morgan fingerprint density at radius 3 is 3.04 bits per heavy atom. The Bertz CT molecular complexity index is 1030. The molecule has 0 bridgehead atoms. The Morgan fingerprint density at radius 1 is 1.29 bits per heavy atom. The molecule has 1 aromatic heterocycles. The average Bonchev–Trinajstić information content (AvgIpc) is 3.29. The van der Waals surface area contributed by atoms with Gasteiger partial charge < -0.3 is 15.0 Å². The molecule has 1 atom stereocenters. The van der Waals surface area contributed by atoms with E-state index in [4.69, 9.17) is 0 Å². The summed E-state index contributed by atoms with van der Waals surface area (Å²) in [6.45, 7) is 3.07. The molecule has 0 saturated heterocycles. The van der Waals surface area contributed by atoms with E-state index in [1.165, 1.54) is 46.3 Å². The van der Waals surface area contributed by atoms with Gasteiger partial charge in [0.15, 0.2) is 0 Å². The normalized spacial score (nSPS) is 16.0. The highest BCUT2D eigenvalue weighted by molar-refractivity contribution is 5.87. The highest BCUT2D eigenvalue weighted by atomic mass is 16.5. The molecule has 1 unspecified atom stereocenters. The highest BCUT2D eigenvalue weighted by Gasteiger charge is 2.21. The van der Waals surface area contributed by atoms with Crippen molar-refractivity contribution in [1.29, 1.82) is 0 Å². The van der Waals surface area contributed by atoms with Crippen molar-refractivity contribution >= 4 is 22.9 Å². The molecule has 0 spiro atoms. The second kappa shape index (κ2) is 8.03. The van der Waals surface area contributed by atoms with E-state index in [9.17, 15) is 4.79 Å². The molecule has 0 aliphatic heterocycles. The Labute approximate surface area is 165 Å². The number of fused-ring (bicyclic) bond motifs is 2.